The molecule has 2 atom stereocenters. The number of carboxylic acids is 1. The Hall–Kier alpha value is -2.85. The number of aliphatic carboxylic acids is 1. The summed E-state index contributed by atoms with van der Waals surface area (Å²) in [7, 11) is 0. The van der Waals surface area contributed by atoms with Crippen LogP contribution in [0.4, 0.5) is 4.39 Å². The van der Waals surface area contributed by atoms with Crippen LogP contribution in [0.2, 0.25) is 0 Å². The fourth-order valence-corrected chi connectivity index (χ4v) is 5.59. The number of benzene rings is 1. The first-order chi connectivity index (χ1) is 17.3. The third-order valence-electron chi connectivity index (χ3n) is 6.59. The summed E-state index contributed by atoms with van der Waals surface area (Å²) in [5.74, 6) is -1.18. The number of carbonyl (C=O) groups excluding carboxylic acids is 2. The van der Waals surface area contributed by atoms with Crippen LogP contribution in [0.3, 0.4) is 0 Å². The van der Waals surface area contributed by atoms with E-state index in [0.717, 1.165) is 24.1 Å². The summed E-state index contributed by atoms with van der Waals surface area (Å²) in [5, 5.41) is 17.0. The number of Topliss-reactive ketones (excluding diaryl/α,β-unsaturated/α-hetero) is 1. The summed E-state index contributed by atoms with van der Waals surface area (Å²) in [6, 6.07) is 5.81. The molecule has 1 N–H and O–H groups in total. The van der Waals surface area contributed by atoms with Crippen molar-refractivity contribution in [3.8, 4) is 0 Å². The Morgan fingerprint density at radius 1 is 1.22 bits per heavy atom. The maximum Gasteiger partial charge on any atom is 0.303 e. The molecule has 2 unspecified atom stereocenters. The minimum atomic E-state index is -0.826. The minimum absolute atomic E-state index is 0.0133. The zero-order chi connectivity index (χ0) is 25.7. The summed E-state index contributed by atoms with van der Waals surface area (Å²) < 4.78 is 16.6. The Morgan fingerprint density at radius 2 is 2.00 bits per heavy atom. The number of carbonyl (C=O) groups is 3. The Labute approximate surface area is 213 Å². The van der Waals surface area contributed by atoms with E-state index in [0.29, 0.717) is 44.5 Å². The fourth-order valence-electron chi connectivity index (χ4n) is 4.67. The Kier molecular flexibility index (Phi) is 8.68. The van der Waals surface area contributed by atoms with Crippen molar-refractivity contribution in [3.05, 3.63) is 53.1 Å². The van der Waals surface area contributed by atoms with Gasteiger partial charge in [-0.2, -0.15) is 0 Å². The topological polar surface area (TPSA) is 105 Å². The number of ketones is 1. The van der Waals surface area contributed by atoms with E-state index in [1.807, 2.05) is 11.0 Å². The highest BCUT2D eigenvalue weighted by Gasteiger charge is 2.41. The van der Waals surface area contributed by atoms with Crippen molar-refractivity contribution in [1.29, 1.82) is 0 Å². The molecule has 10 heteroatoms. The van der Waals surface area contributed by atoms with Gasteiger partial charge < -0.3 is 5.11 Å². The molecule has 1 aliphatic heterocycles. The number of aromatic nitrogens is 3. The number of unbranched alkanes of at least 4 members (excludes halogenated alkanes) is 1. The van der Waals surface area contributed by atoms with Gasteiger partial charge in [0.2, 0.25) is 0 Å². The normalized spacial score (nSPS) is 20.4. The van der Waals surface area contributed by atoms with Gasteiger partial charge in [0.05, 0.1) is 17.9 Å². The van der Waals surface area contributed by atoms with E-state index in [2.05, 4.69) is 10.3 Å². The van der Waals surface area contributed by atoms with Crippen LogP contribution in [0.15, 0.2) is 36.0 Å². The van der Waals surface area contributed by atoms with E-state index in [-0.39, 0.29) is 34.3 Å². The molecule has 1 aromatic heterocycles. The molecule has 0 amide bonds. The van der Waals surface area contributed by atoms with Crippen LogP contribution < -0.4 is 0 Å². The Morgan fingerprint density at radius 3 is 2.69 bits per heavy atom. The number of thioether (sulfide) groups is 1. The zero-order valence-electron chi connectivity index (χ0n) is 20.3. The molecule has 1 saturated heterocycles. The SMILES string of the molecule is CC(=O)SC1CCN(C(C(=O)C2CC2)c2ccccc2F)C/C1=C\c1cnnn1CCCCC(=O)O. The maximum absolute atomic E-state index is 14.8. The van der Waals surface area contributed by atoms with Crippen molar-refractivity contribution in [2.75, 3.05) is 13.1 Å². The fraction of sp³-hybridized carbons (Fsp3) is 0.500. The zero-order valence-corrected chi connectivity index (χ0v) is 21.1. The summed E-state index contributed by atoms with van der Waals surface area (Å²) >= 11 is 1.27. The molecule has 1 aliphatic carbocycles. The number of carboxylic acid groups (broad SMARTS) is 1. The van der Waals surface area contributed by atoms with Gasteiger partial charge in [0.1, 0.15) is 5.82 Å². The molecular formula is C26H31FN4O4S. The Bertz CT molecular complexity index is 1150. The highest BCUT2D eigenvalue weighted by molar-refractivity contribution is 8.14. The molecule has 1 aromatic carbocycles. The van der Waals surface area contributed by atoms with Crippen molar-refractivity contribution in [2.45, 2.75) is 63.3 Å². The standard InChI is InChI=1S/C26H31FN4O4S/c1-17(32)36-23-11-13-30(25(26(35)18-9-10-18)21-6-2-3-7-22(21)27)16-19(23)14-20-15-28-29-31(20)12-5-4-8-24(33)34/h2-3,6-7,14-15,18,23,25H,4-5,8-13,16H2,1H3,(H,33,34)/b19-14+. The summed E-state index contributed by atoms with van der Waals surface area (Å²) in [4.78, 5) is 38.1. The number of nitrogens with zero attached hydrogens (tertiary/aromatic N) is 4. The molecule has 1 saturated carbocycles. The number of hydrogen-bond donors (Lipinski definition) is 1. The first-order valence-corrected chi connectivity index (χ1v) is 13.2. The molecule has 0 spiro atoms. The van der Waals surface area contributed by atoms with Gasteiger partial charge in [0, 0.05) is 49.7 Å². The van der Waals surface area contributed by atoms with Crippen LogP contribution in [0.1, 0.15) is 62.7 Å². The largest absolute Gasteiger partial charge is 0.481 e. The number of halogens is 1. The lowest BCUT2D eigenvalue weighted by Crippen LogP contribution is -2.43. The molecule has 36 heavy (non-hydrogen) atoms. The molecule has 192 valence electrons. The van der Waals surface area contributed by atoms with Crippen LogP contribution in [0.25, 0.3) is 6.08 Å². The van der Waals surface area contributed by atoms with Crippen molar-refractivity contribution < 1.29 is 23.9 Å². The van der Waals surface area contributed by atoms with Gasteiger partial charge in [-0.1, -0.05) is 35.2 Å². The van der Waals surface area contributed by atoms with E-state index in [9.17, 15) is 18.8 Å². The third-order valence-corrected chi connectivity index (χ3v) is 7.75. The maximum atomic E-state index is 14.8. The van der Waals surface area contributed by atoms with Gasteiger partial charge in [-0.25, -0.2) is 9.07 Å². The number of rotatable bonds is 11. The van der Waals surface area contributed by atoms with Crippen molar-refractivity contribution in [1.82, 2.24) is 19.9 Å². The first kappa shape index (κ1) is 26.2. The summed E-state index contributed by atoms with van der Waals surface area (Å²) in [6.07, 6.45) is 7.23. The second kappa shape index (κ2) is 11.9. The van der Waals surface area contributed by atoms with Gasteiger partial charge in [0.15, 0.2) is 10.9 Å². The van der Waals surface area contributed by atoms with Crippen LogP contribution in [0, 0.1) is 11.7 Å². The molecule has 2 heterocycles. The lowest BCUT2D eigenvalue weighted by Gasteiger charge is -2.38. The molecule has 2 fully saturated rings. The number of aryl methyl sites for hydroxylation is 1. The van der Waals surface area contributed by atoms with E-state index in [4.69, 9.17) is 5.11 Å². The third kappa shape index (κ3) is 6.67. The molecule has 0 radical (unpaired) electrons. The molecule has 8 nitrogen and oxygen atoms in total. The number of likely N-dealkylation sites (tertiary alicyclic amines) is 1. The van der Waals surface area contributed by atoms with Gasteiger partial charge in [-0.15, -0.1) is 5.10 Å². The smallest absolute Gasteiger partial charge is 0.303 e. The average Bonchev–Trinajstić information content (AvgIpc) is 3.60. The predicted octanol–water partition coefficient (Wildman–Crippen LogP) is 4.13. The molecule has 2 aliphatic rings. The second-order valence-corrected chi connectivity index (χ2v) is 10.8. The number of piperidine rings is 1. The lowest BCUT2D eigenvalue weighted by atomic mass is 9.93. The quantitative estimate of drug-likeness (QED) is 0.446. The minimum Gasteiger partial charge on any atom is -0.481 e. The van der Waals surface area contributed by atoms with Gasteiger partial charge >= 0.3 is 5.97 Å². The summed E-state index contributed by atoms with van der Waals surface area (Å²) in [6.45, 7) is 3.07. The average molecular weight is 515 g/mol. The molecule has 0 bridgehead atoms. The molecular weight excluding hydrogens is 483 g/mol. The van der Waals surface area contributed by atoms with Crippen molar-refractivity contribution in [3.63, 3.8) is 0 Å². The Balaban J connectivity index is 1.60. The highest BCUT2D eigenvalue weighted by atomic mass is 32.2. The van der Waals surface area contributed by atoms with Crippen LogP contribution >= 0.6 is 11.8 Å². The van der Waals surface area contributed by atoms with Gasteiger partial charge in [0.25, 0.3) is 0 Å². The van der Waals surface area contributed by atoms with E-state index in [1.165, 1.54) is 17.8 Å². The monoisotopic (exact) mass is 514 g/mol. The first-order valence-electron chi connectivity index (χ1n) is 12.3. The highest BCUT2D eigenvalue weighted by Crippen LogP contribution is 2.40. The molecule has 2 aromatic rings. The summed E-state index contributed by atoms with van der Waals surface area (Å²) in [5.41, 5.74) is 2.12. The number of hydrogen-bond acceptors (Lipinski definition) is 7. The molecule has 4 rings (SSSR count). The van der Waals surface area contributed by atoms with Gasteiger partial charge in [-0.05, 0) is 49.8 Å². The van der Waals surface area contributed by atoms with Gasteiger partial charge in [-0.3, -0.25) is 19.3 Å². The van der Waals surface area contributed by atoms with Crippen molar-refractivity contribution >= 4 is 34.7 Å². The van der Waals surface area contributed by atoms with Crippen LogP contribution in [0.5, 0.6) is 0 Å². The van der Waals surface area contributed by atoms with Crippen LogP contribution in [-0.4, -0.2) is 60.2 Å². The van der Waals surface area contributed by atoms with Crippen molar-refractivity contribution in [2.24, 2.45) is 5.92 Å². The van der Waals surface area contributed by atoms with Crippen LogP contribution in [-0.2, 0) is 20.9 Å². The van der Waals surface area contributed by atoms with E-state index >= 15 is 0 Å². The van der Waals surface area contributed by atoms with E-state index in [1.54, 1.807) is 36.0 Å². The second-order valence-electron chi connectivity index (χ2n) is 9.41. The predicted molar refractivity (Wildman–Crippen MR) is 135 cm³/mol. The lowest BCUT2D eigenvalue weighted by molar-refractivity contribution is -0.137. The van der Waals surface area contributed by atoms with E-state index < -0.39 is 12.0 Å².